The van der Waals surface area contributed by atoms with Crippen LogP contribution in [0.15, 0.2) is 78.5 Å². The largest absolute Gasteiger partial charge is 0.573 e. The van der Waals surface area contributed by atoms with Gasteiger partial charge in [-0.3, -0.25) is 14.5 Å². The van der Waals surface area contributed by atoms with Crippen molar-refractivity contribution in [2.45, 2.75) is 26.8 Å². The number of hydrogen-bond donors (Lipinski definition) is 1. The first kappa shape index (κ1) is 23.1. The van der Waals surface area contributed by atoms with Gasteiger partial charge in [-0.25, -0.2) is 0 Å². The SMILES string of the molecule is Cc1ccc(CN2C(=O)C(Nc3ccc(OC(F)(F)F)cc3)=C(c3ccc(C)cc3)C2=O)cc1. The quantitative estimate of drug-likeness (QED) is 0.481. The molecule has 0 aliphatic carbocycles. The highest BCUT2D eigenvalue weighted by atomic mass is 19.4. The van der Waals surface area contributed by atoms with E-state index in [1.165, 1.54) is 12.1 Å². The maximum atomic E-state index is 13.3. The normalized spacial score (nSPS) is 14.1. The zero-order chi connectivity index (χ0) is 24.5. The number of alkyl halides is 3. The number of nitrogens with one attached hydrogen (secondary N) is 1. The molecule has 2 amide bonds. The minimum Gasteiger partial charge on any atom is -0.406 e. The van der Waals surface area contributed by atoms with Crippen LogP contribution in [0.4, 0.5) is 18.9 Å². The van der Waals surface area contributed by atoms with Crippen molar-refractivity contribution in [3.05, 3.63) is 101 Å². The van der Waals surface area contributed by atoms with Crippen LogP contribution >= 0.6 is 0 Å². The number of carbonyl (C=O) groups excluding carboxylic acids is 2. The van der Waals surface area contributed by atoms with Crippen LogP contribution in [0.1, 0.15) is 22.3 Å². The Hall–Kier alpha value is -4.07. The first-order chi connectivity index (χ1) is 16.1. The Labute approximate surface area is 194 Å². The number of nitrogens with zero attached hydrogens (tertiary/aromatic N) is 1. The van der Waals surface area contributed by atoms with E-state index >= 15 is 0 Å². The monoisotopic (exact) mass is 466 g/mol. The van der Waals surface area contributed by atoms with Crippen LogP contribution in [0, 0.1) is 13.8 Å². The van der Waals surface area contributed by atoms with Gasteiger partial charge in [0, 0.05) is 5.69 Å². The summed E-state index contributed by atoms with van der Waals surface area (Å²) in [7, 11) is 0. The first-order valence-corrected chi connectivity index (χ1v) is 10.5. The lowest BCUT2D eigenvalue weighted by molar-refractivity contribution is -0.274. The summed E-state index contributed by atoms with van der Waals surface area (Å²) >= 11 is 0. The Morgan fingerprint density at radius 3 is 1.91 bits per heavy atom. The van der Waals surface area contributed by atoms with Gasteiger partial charge >= 0.3 is 6.36 Å². The third-order valence-corrected chi connectivity index (χ3v) is 5.33. The third kappa shape index (κ3) is 5.11. The van der Waals surface area contributed by atoms with Gasteiger partial charge in [-0.05, 0) is 49.2 Å². The van der Waals surface area contributed by atoms with Crippen LogP contribution in [0.2, 0.25) is 0 Å². The molecule has 1 heterocycles. The fourth-order valence-electron chi connectivity index (χ4n) is 3.58. The summed E-state index contributed by atoms with van der Waals surface area (Å²) in [5, 5.41) is 2.93. The molecular formula is C26H21F3N2O3. The molecule has 0 radical (unpaired) electrons. The molecule has 0 unspecified atom stereocenters. The Morgan fingerprint density at radius 2 is 1.35 bits per heavy atom. The van der Waals surface area contributed by atoms with Crippen LogP contribution in [0.3, 0.4) is 0 Å². The summed E-state index contributed by atoms with van der Waals surface area (Å²) in [6.07, 6.45) is -4.81. The van der Waals surface area contributed by atoms with Gasteiger partial charge in [0.25, 0.3) is 11.8 Å². The highest BCUT2D eigenvalue weighted by Crippen LogP contribution is 2.32. The summed E-state index contributed by atoms with van der Waals surface area (Å²) in [6, 6.07) is 19.7. The number of imide groups is 1. The molecule has 1 aliphatic rings. The number of ether oxygens (including phenoxy) is 1. The molecule has 0 aromatic heterocycles. The molecule has 0 spiro atoms. The lowest BCUT2D eigenvalue weighted by Gasteiger charge is -2.16. The molecule has 3 aromatic carbocycles. The number of aryl methyl sites for hydroxylation is 2. The van der Waals surface area contributed by atoms with Crippen LogP contribution in [-0.2, 0) is 16.1 Å². The van der Waals surface area contributed by atoms with E-state index in [0.29, 0.717) is 11.3 Å². The van der Waals surface area contributed by atoms with Gasteiger partial charge in [0.15, 0.2) is 0 Å². The van der Waals surface area contributed by atoms with Crippen LogP contribution < -0.4 is 10.1 Å². The Morgan fingerprint density at radius 1 is 0.794 bits per heavy atom. The fraction of sp³-hybridized carbons (Fsp3) is 0.154. The standard InChI is InChI=1S/C26H21F3N2O3/c1-16-3-7-18(8-4-16)15-31-24(32)22(19-9-5-17(2)6-10-19)23(25(31)33)30-20-11-13-21(14-12-20)34-26(27,28)29/h3-14,30H,15H2,1-2H3. The highest BCUT2D eigenvalue weighted by molar-refractivity contribution is 6.36. The molecular weight excluding hydrogens is 445 g/mol. The minimum absolute atomic E-state index is 0.0606. The number of halogens is 3. The van der Waals surface area contributed by atoms with Crippen molar-refractivity contribution in [3.8, 4) is 5.75 Å². The molecule has 1 aliphatic heterocycles. The second-order valence-electron chi connectivity index (χ2n) is 8.00. The number of hydrogen-bond acceptors (Lipinski definition) is 4. The average molecular weight is 466 g/mol. The van der Waals surface area contributed by atoms with Gasteiger partial charge in [-0.2, -0.15) is 0 Å². The van der Waals surface area contributed by atoms with E-state index in [1.807, 2.05) is 50.2 Å². The van der Waals surface area contributed by atoms with Crippen molar-refractivity contribution < 1.29 is 27.5 Å². The average Bonchev–Trinajstić information content (AvgIpc) is 3.00. The van der Waals surface area contributed by atoms with E-state index in [9.17, 15) is 22.8 Å². The fourth-order valence-corrected chi connectivity index (χ4v) is 3.58. The van der Waals surface area contributed by atoms with E-state index in [0.717, 1.165) is 33.7 Å². The zero-order valence-corrected chi connectivity index (χ0v) is 18.4. The number of benzene rings is 3. The number of rotatable bonds is 6. The van der Waals surface area contributed by atoms with Crippen molar-refractivity contribution in [2.24, 2.45) is 0 Å². The van der Waals surface area contributed by atoms with Gasteiger partial charge in [0.05, 0.1) is 12.1 Å². The molecule has 4 rings (SSSR count). The summed E-state index contributed by atoms with van der Waals surface area (Å²) < 4.78 is 41.2. The Bertz CT molecular complexity index is 1250. The van der Waals surface area contributed by atoms with Gasteiger partial charge in [-0.15, -0.1) is 13.2 Å². The predicted octanol–water partition coefficient (Wildman–Crippen LogP) is 5.59. The summed E-state index contributed by atoms with van der Waals surface area (Å²) in [6.45, 7) is 3.95. The molecule has 0 bridgehead atoms. The summed E-state index contributed by atoms with van der Waals surface area (Å²) in [4.78, 5) is 27.8. The second kappa shape index (κ2) is 9.05. The zero-order valence-electron chi connectivity index (χ0n) is 18.4. The van der Waals surface area contributed by atoms with Crippen LogP contribution in [-0.4, -0.2) is 23.1 Å². The van der Waals surface area contributed by atoms with E-state index < -0.39 is 18.2 Å². The first-order valence-electron chi connectivity index (χ1n) is 10.5. The molecule has 0 fully saturated rings. The number of carbonyl (C=O) groups is 2. The summed E-state index contributed by atoms with van der Waals surface area (Å²) in [5.41, 5.74) is 4.01. The molecule has 174 valence electrons. The van der Waals surface area contributed by atoms with E-state index in [-0.39, 0.29) is 23.6 Å². The Balaban J connectivity index is 1.66. The number of amides is 2. The molecule has 1 N–H and O–H groups in total. The smallest absolute Gasteiger partial charge is 0.406 e. The molecule has 5 nitrogen and oxygen atoms in total. The second-order valence-corrected chi connectivity index (χ2v) is 8.00. The van der Waals surface area contributed by atoms with Crippen molar-refractivity contribution in [1.82, 2.24) is 4.90 Å². The van der Waals surface area contributed by atoms with E-state index in [4.69, 9.17) is 0 Å². The van der Waals surface area contributed by atoms with Gasteiger partial charge in [0.1, 0.15) is 11.4 Å². The van der Waals surface area contributed by atoms with Gasteiger partial charge in [-0.1, -0.05) is 59.7 Å². The lowest BCUT2D eigenvalue weighted by atomic mass is 10.0. The molecule has 0 saturated carbocycles. The topological polar surface area (TPSA) is 58.6 Å². The molecule has 0 saturated heterocycles. The van der Waals surface area contributed by atoms with Crippen molar-refractivity contribution in [2.75, 3.05) is 5.32 Å². The molecule has 3 aromatic rings. The van der Waals surface area contributed by atoms with Crippen LogP contribution in [0.25, 0.3) is 5.57 Å². The minimum atomic E-state index is -4.81. The Kier molecular flexibility index (Phi) is 6.15. The third-order valence-electron chi connectivity index (χ3n) is 5.33. The summed E-state index contributed by atoms with van der Waals surface area (Å²) in [5.74, 6) is -1.36. The number of anilines is 1. The highest BCUT2D eigenvalue weighted by Gasteiger charge is 2.39. The maximum Gasteiger partial charge on any atom is 0.573 e. The van der Waals surface area contributed by atoms with Crippen molar-refractivity contribution in [1.29, 1.82) is 0 Å². The van der Waals surface area contributed by atoms with E-state index in [2.05, 4.69) is 10.1 Å². The molecule has 34 heavy (non-hydrogen) atoms. The van der Waals surface area contributed by atoms with Crippen molar-refractivity contribution >= 4 is 23.1 Å². The predicted molar refractivity (Wildman–Crippen MR) is 122 cm³/mol. The molecule has 8 heteroatoms. The van der Waals surface area contributed by atoms with Gasteiger partial charge in [0.2, 0.25) is 0 Å². The maximum absolute atomic E-state index is 13.3. The lowest BCUT2D eigenvalue weighted by Crippen LogP contribution is -2.32. The van der Waals surface area contributed by atoms with Crippen LogP contribution in [0.5, 0.6) is 5.75 Å². The van der Waals surface area contributed by atoms with Gasteiger partial charge < -0.3 is 10.1 Å². The van der Waals surface area contributed by atoms with Crippen molar-refractivity contribution in [3.63, 3.8) is 0 Å². The molecule has 0 atom stereocenters. The van der Waals surface area contributed by atoms with E-state index in [1.54, 1.807) is 12.1 Å².